The molecule has 4 heteroatoms. The minimum Gasteiger partial charge on any atom is -0.508 e. The van der Waals surface area contributed by atoms with E-state index >= 15 is 0 Å². The van der Waals surface area contributed by atoms with Gasteiger partial charge < -0.3 is 20.4 Å². The first kappa shape index (κ1) is 12.2. The molecule has 4 nitrogen and oxygen atoms in total. The monoisotopic (exact) mass is 214 g/mol. The normalized spacial score (nSPS) is 25.7. The van der Waals surface area contributed by atoms with E-state index < -0.39 is 12.4 Å². The minimum absolute atomic E-state index is 0.0248. The fraction of sp³-hybridized carbons (Fsp3) is 0.636. The molecule has 1 aliphatic rings. The van der Waals surface area contributed by atoms with E-state index in [9.17, 15) is 5.11 Å². The molecule has 0 saturated heterocycles. The highest BCUT2D eigenvalue weighted by Crippen LogP contribution is 2.21. The Morgan fingerprint density at radius 1 is 1.27 bits per heavy atom. The SMILES string of the molecule is OC1=CC(O)C(CCCCC(O)O)C=C1. The van der Waals surface area contributed by atoms with Crippen LogP contribution in [0.15, 0.2) is 24.0 Å². The molecule has 1 rings (SSSR count). The molecule has 0 aromatic rings. The van der Waals surface area contributed by atoms with Crippen LogP contribution in [0.25, 0.3) is 0 Å². The lowest BCUT2D eigenvalue weighted by molar-refractivity contribution is -0.0467. The van der Waals surface area contributed by atoms with Crippen molar-refractivity contribution in [3.63, 3.8) is 0 Å². The summed E-state index contributed by atoms with van der Waals surface area (Å²) in [7, 11) is 0. The molecule has 4 N–H and O–H groups in total. The van der Waals surface area contributed by atoms with Gasteiger partial charge in [0.2, 0.25) is 0 Å². The summed E-state index contributed by atoms with van der Waals surface area (Å²) in [4.78, 5) is 0. The van der Waals surface area contributed by atoms with Crippen LogP contribution in [0.1, 0.15) is 25.7 Å². The summed E-state index contributed by atoms with van der Waals surface area (Å²) in [6.07, 6.45) is 5.64. The van der Waals surface area contributed by atoms with Gasteiger partial charge in [0.05, 0.1) is 6.10 Å². The molecule has 1 aliphatic carbocycles. The van der Waals surface area contributed by atoms with Gasteiger partial charge in [-0.25, -0.2) is 0 Å². The van der Waals surface area contributed by atoms with E-state index in [1.165, 1.54) is 6.08 Å². The number of hydrogen-bond acceptors (Lipinski definition) is 4. The van der Waals surface area contributed by atoms with E-state index in [-0.39, 0.29) is 11.7 Å². The molecular weight excluding hydrogens is 196 g/mol. The second kappa shape index (κ2) is 5.90. The fourth-order valence-corrected chi connectivity index (χ4v) is 1.66. The Morgan fingerprint density at radius 3 is 2.60 bits per heavy atom. The summed E-state index contributed by atoms with van der Waals surface area (Å²) in [6, 6.07) is 0. The highest BCUT2D eigenvalue weighted by molar-refractivity contribution is 5.20. The Kier molecular flexibility index (Phi) is 4.81. The third-order valence-electron chi connectivity index (χ3n) is 2.54. The number of rotatable bonds is 5. The smallest absolute Gasteiger partial charge is 0.151 e. The third-order valence-corrected chi connectivity index (χ3v) is 2.54. The largest absolute Gasteiger partial charge is 0.508 e. The molecule has 0 amide bonds. The van der Waals surface area contributed by atoms with Crippen LogP contribution in [-0.2, 0) is 0 Å². The predicted octanol–water partition coefficient (Wildman–Crippen LogP) is 0.846. The van der Waals surface area contributed by atoms with Gasteiger partial charge in [-0.1, -0.05) is 12.5 Å². The van der Waals surface area contributed by atoms with E-state index in [1.807, 2.05) is 0 Å². The van der Waals surface area contributed by atoms with E-state index in [0.717, 1.165) is 19.3 Å². The molecule has 15 heavy (non-hydrogen) atoms. The van der Waals surface area contributed by atoms with Gasteiger partial charge in [-0.05, 0) is 31.4 Å². The molecule has 0 spiro atoms. The standard InChI is InChI=1S/C11H18O4/c12-9-6-5-8(10(13)7-9)3-1-2-4-11(14)15/h5-8,10-15H,1-4H2. The van der Waals surface area contributed by atoms with Gasteiger partial charge in [0.1, 0.15) is 5.76 Å². The predicted molar refractivity (Wildman–Crippen MR) is 56.0 cm³/mol. The number of aliphatic hydroxyl groups excluding tert-OH is 3. The zero-order valence-electron chi connectivity index (χ0n) is 8.58. The highest BCUT2D eigenvalue weighted by Gasteiger charge is 2.17. The molecule has 0 heterocycles. The number of hydrogen-bond donors (Lipinski definition) is 4. The Hall–Kier alpha value is -0.840. The van der Waals surface area contributed by atoms with Crippen LogP contribution in [-0.4, -0.2) is 32.8 Å². The van der Waals surface area contributed by atoms with E-state index in [4.69, 9.17) is 15.3 Å². The lowest BCUT2D eigenvalue weighted by atomic mass is 9.91. The van der Waals surface area contributed by atoms with Gasteiger partial charge in [0.15, 0.2) is 6.29 Å². The van der Waals surface area contributed by atoms with Gasteiger partial charge in [-0.2, -0.15) is 0 Å². The molecule has 0 radical (unpaired) electrons. The maximum Gasteiger partial charge on any atom is 0.151 e. The quantitative estimate of drug-likeness (QED) is 0.404. The molecule has 0 fully saturated rings. The number of allylic oxidation sites excluding steroid dienone is 1. The van der Waals surface area contributed by atoms with Crippen molar-refractivity contribution in [2.45, 2.75) is 38.1 Å². The van der Waals surface area contributed by atoms with Crippen molar-refractivity contribution in [3.05, 3.63) is 24.0 Å². The summed E-state index contributed by atoms with van der Waals surface area (Å²) >= 11 is 0. The van der Waals surface area contributed by atoms with Crippen molar-refractivity contribution in [3.8, 4) is 0 Å². The van der Waals surface area contributed by atoms with Crippen molar-refractivity contribution in [1.29, 1.82) is 0 Å². The third kappa shape index (κ3) is 4.46. The lowest BCUT2D eigenvalue weighted by Crippen LogP contribution is -2.19. The van der Waals surface area contributed by atoms with Gasteiger partial charge in [0.25, 0.3) is 0 Å². The topological polar surface area (TPSA) is 80.9 Å². The molecular formula is C11H18O4. The van der Waals surface area contributed by atoms with E-state index in [1.54, 1.807) is 12.2 Å². The zero-order chi connectivity index (χ0) is 11.3. The van der Waals surface area contributed by atoms with Crippen LogP contribution in [0.3, 0.4) is 0 Å². The second-order valence-corrected chi connectivity index (χ2v) is 3.87. The lowest BCUT2D eigenvalue weighted by Gasteiger charge is -2.20. The van der Waals surface area contributed by atoms with E-state index in [2.05, 4.69) is 0 Å². The minimum atomic E-state index is -1.24. The molecule has 86 valence electrons. The van der Waals surface area contributed by atoms with Crippen molar-refractivity contribution in [1.82, 2.24) is 0 Å². The maximum atomic E-state index is 9.56. The average molecular weight is 214 g/mol. The van der Waals surface area contributed by atoms with Crippen LogP contribution >= 0.6 is 0 Å². The molecule has 0 aromatic heterocycles. The van der Waals surface area contributed by atoms with Crippen LogP contribution in [0, 0.1) is 5.92 Å². The first-order valence-electron chi connectivity index (χ1n) is 5.23. The molecule has 0 aliphatic heterocycles. The highest BCUT2D eigenvalue weighted by atomic mass is 16.5. The Morgan fingerprint density at radius 2 is 2.00 bits per heavy atom. The summed E-state index contributed by atoms with van der Waals surface area (Å²) in [5.41, 5.74) is 0. The van der Waals surface area contributed by atoms with Crippen molar-refractivity contribution >= 4 is 0 Å². The second-order valence-electron chi connectivity index (χ2n) is 3.87. The van der Waals surface area contributed by atoms with Crippen molar-refractivity contribution in [2.75, 3.05) is 0 Å². The summed E-state index contributed by atoms with van der Waals surface area (Å²) in [6.45, 7) is 0. The average Bonchev–Trinajstić information content (AvgIpc) is 2.14. The van der Waals surface area contributed by atoms with Crippen LogP contribution in [0.2, 0.25) is 0 Å². The zero-order valence-corrected chi connectivity index (χ0v) is 8.58. The van der Waals surface area contributed by atoms with Crippen LogP contribution in [0.4, 0.5) is 0 Å². The van der Waals surface area contributed by atoms with Crippen molar-refractivity contribution in [2.24, 2.45) is 5.92 Å². The Labute approximate surface area is 89.2 Å². The van der Waals surface area contributed by atoms with Crippen LogP contribution < -0.4 is 0 Å². The first-order chi connectivity index (χ1) is 7.09. The Bertz CT molecular complexity index is 245. The van der Waals surface area contributed by atoms with Gasteiger partial charge >= 0.3 is 0 Å². The summed E-state index contributed by atoms with van der Waals surface area (Å²) in [5, 5.41) is 35.9. The van der Waals surface area contributed by atoms with Gasteiger partial charge in [0, 0.05) is 5.92 Å². The Balaban J connectivity index is 2.20. The number of aliphatic hydroxyl groups is 4. The van der Waals surface area contributed by atoms with Crippen molar-refractivity contribution < 1.29 is 20.4 Å². The maximum absolute atomic E-state index is 9.56. The first-order valence-corrected chi connectivity index (χ1v) is 5.23. The molecule has 0 aromatic carbocycles. The number of unbranched alkanes of at least 4 members (excludes halogenated alkanes) is 1. The summed E-state index contributed by atoms with van der Waals surface area (Å²) in [5.74, 6) is 0.126. The molecule has 2 atom stereocenters. The molecule has 2 unspecified atom stereocenters. The van der Waals surface area contributed by atoms with E-state index in [0.29, 0.717) is 6.42 Å². The van der Waals surface area contributed by atoms with Crippen LogP contribution in [0.5, 0.6) is 0 Å². The molecule has 0 saturated carbocycles. The van der Waals surface area contributed by atoms with Gasteiger partial charge in [-0.3, -0.25) is 0 Å². The molecule has 0 bridgehead atoms. The summed E-state index contributed by atoms with van der Waals surface area (Å²) < 4.78 is 0. The van der Waals surface area contributed by atoms with Gasteiger partial charge in [-0.15, -0.1) is 0 Å². The fourth-order valence-electron chi connectivity index (χ4n) is 1.66.